The minimum absolute atomic E-state index is 0.114. The quantitative estimate of drug-likeness (QED) is 0.184. The Morgan fingerprint density at radius 3 is 1.81 bits per heavy atom. The van der Waals surface area contributed by atoms with Crippen molar-refractivity contribution in [2.24, 2.45) is 0 Å². The van der Waals surface area contributed by atoms with Gasteiger partial charge in [-0.15, -0.1) is 0 Å². The Kier molecular flexibility index (Phi) is 6.86. The zero-order valence-electron chi connectivity index (χ0n) is 29.4. The van der Waals surface area contributed by atoms with E-state index >= 15 is 0 Å². The molecule has 1 aliphatic heterocycles. The number of aromatic nitrogens is 3. The first-order valence-corrected chi connectivity index (χ1v) is 18.5. The summed E-state index contributed by atoms with van der Waals surface area (Å²) in [6, 6.07) is 60.0. The lowest BCUT2D eigenvalue weighted by Gasteiger charge is -2.42. The summed E-state index contributed by atoms with van der Waals surface area (Å²) < 4.78 is 6.88. The second-order valence-corrected chi connectivity index (χ2v) is 14.3. The summed E-state index contributed by atoms with van der Waals surface area (Å²) in [5.41, 5.74) is 11.2. The number of nitrogens with zero attached hydrogens (tertiary/aromatic N) is 3. The number of para-hydroxylation sites is 1. The average molecular weight is 692 g/mol. The maximum absolute atomic E-state index is 6.88. The number of ether oxygens (including phenoxy) is 1. The highest BCUT2D eigenvalue weighted by Gasteiger charge is 2.52. The lowest BCUT2D eigenvalue weighted by Crippen LogP contribution is -2.35. The van der Waals surface area contributed by atoms with Crippen LogP contribution in [-0.4, -0.2) is 15.0 Å². The summed E-state index contributed by atoms with van der Waals surface area (Å²) >= 11 is 0. The molecule has 3 aliphatic rings. The van der Waals surface area contributed by atoms with E-state index in [-0.39, 0.29) is 5.92 Å². The number of benzene rings is 7. The summed E-state index contributed by atoms with van der Waals surface area (Å²) in [4.78, 5) is 15.4. The average Bonchev–Trinajstić information content (AvgIpc) is 3.54. The van der Waals surface area contributed by atoms with Gasteiger partial charge in [-0.05, 0) is 50.2 Å². The van der Waals surface area contributed by atoms with E-state index < -0.39 is 5.41 Å². The van der Waals surface area contributed by atoms with E-state index in [9.17, 15) is 0 Å². The van der Waals surface area contributed by atoms with Crippen LogP contribution in [0.1, 0.15) is 34.9 Å². The summed E-state index contributed by atoms with van der Waals surface area (Å²) in [5, 5.41) is 2.46. The zero-order chi connectivity index (χ0) is 35.6. The van der Waals surface area contributed by atoms with Gasteiger partial charge in [-0.25, -0.2) is 15.0 Å². The third-order valence-corrected chi connectivity index (χ3v) is 11.3. The van der Waals surface area contributed by atoms with Crippen molar-refractivity contribution in [3.63, 3.8) is 0 Å². The van der Waals surface area contributed by atoms with Crippen molar-refractivity contribution in [2.45, 2.75) is 17.8 Å². The van der Waals surface area contributed by atoms with Gasteiger partial charge in [-0.1, -0.05) is 176 Å². The molecule has 4 heteroatoms. The Morgan fingerprint density at radius 1 is 0.481 bits per heavy atom. The Balaban J connectivity index is 1.02. The molecular formula is C50H33N3O. The predicted molar refractivity (Wildman–Crippen MR) is 216 cm³/mol. The van der Waals surface area contributed by atoms with Gasteiger partial charge in [0.1, 0.15) is 17.3 Å². The maximum atomic E-state index is 6.88. The highest BCUT2D eigenvalue weighted by molar-refractivity contribution is 5.97. The number of rotatable bonds is 4. The van der Waals surface area contributed by atoms with Gasteiger partial charge >= 0.3 is 0 Å². The highest BCUT2D eigenvalue weighted by Crippen LogP contribution is 2.61. The van der Waals surface area contributed by atoms with Crippen molar-refractivity contribution in [2.75, 3.05) is 0 Å². The van der Waals surface area contributed by atoms with Crippen LogP contribution in [0, 0.1) is 0 Å². The van der Waals surface area contributed by atoms with E-state index in [1.165, 1.54) is 49.7 Å². The molecular weight excluding hydrogens is 659 g/mol. The molecule has 4 nitrogen and oxygen atoms in total. The summed E-state index contributed by atoms with van der Waals surface area (Å²) in [6.45, 7) is 0. The van der Waals surface area contributed by atoms with Crippen LogP contribution in [-0.2, 0) is 5.41 Å². The zero-order valence-corrected chi connectivity index (χ0v) is 29.4. The maximum Gasteiger partial charge on any atom is 0.163 e. The minimum Gasteiger partial charge on any atom is -0.461 e. The number of hydrogen-bond donors (Lipinski definition) is 0. The van der Waals surface area contributed by atoms with Crippen LogP contribution < -0.4 is 4.74 Å². The fraction of sp³-hybridized carbons (Fsp3) is 0.0600. The second kappa shape index (κ2) is 12.1. The van der Waals surface area contributed by atoms with E-state index in [1.807, 2.05) is 18.2 Å². The SMILES string of the molecule is C1=CC(c2nc(-c3ccccc3)nc(-c3ccc(-c4cccc5ccccc45)cc3)n2)CC2=C1C1(c3ccccc3O2)c2ccccc2-c2ccccc21. The largest absolute Gasteiger partial charge is 0.461 e. The van der Waals surface area contributed by atoms with Crippen molar-refractivity contribution < 1.29 is 4.74 Å². The number of fused-ring (bicyclic) bond motifs is 9. The summed E-state index contributed by atoms with van der Waals surface area (Å²) in [5.74, 6) is 3.77. The lowest BCUT2D eigenvalue weighted by molar-refractivity contribution is 0.355. The highest BCUT2D eigenvalue weighted by atomic mass is 16.5. The minimum atomic E-state index is -0.482. The van der Waals surface area contributed by atoms with Crippen molar-refractivity contribution in [1.29, 1.82) is 0 Å². The molecule has 11 rings (SSSR count). The van der Waals surface area contributed by atoms with E-state index in [2.05, 4.69) is 164 Å². The van der Waals surface area contributed by atoms with Crippen LogP contribution in [0.5, 0.6) is 5.75 Å². The molecule has 254 valence electrons. The predicted octanol–water partition coefficient (Wildman–Crippen LogP) is 11.7. The monoisotopic (exact) mass is 691 g/mol. The van der Waals surface area contributed by atoms with Gasteiger partial charge in [0, 0.05) is 34.6 Å². The Labute approximate surface area is 313 Å². The van der Waals surface area contributed by atoms with Crippen LogP contribution in [0.15, 0.2) is 193 Å². The van der Waals surface area contributed by atoms with Crippen molar-refractivity contribution >= 4 is 10.8 Å². The molecule has 0 saturated heterocycles. The first kappa shape index (κ1) is 30.7. The first-order valence-electron chi connectivity index (χ1n) is 18.5. The van der Waals surface area contributed by atoms with Gasteiger partial charge in [-0.2, -0.15) is 0 Å². The number of allylic oxidation sites excluding steroid dienone is 4. The standard InChI is InChI=1S/C50H33N3O/c1-2-14-34(15-3-1)47-51-48(35-27-25-33(26-28-35)38-20-12-16-32-13-4-5-17-37(32)38)53-49(52-47)36-29-30-44-46(31-36)54-45-24-11-10-23-43(45)50(44)41-21-8-6-18-39(41)40-19-7-9-22-42(40)50/h1-30,36H,31H2. The van der Waals surface area contributed by atoms with Crippen LogP contribution in [0.25, 0.3) is 55.8 Å². The first-order chi connectivity index (χ1) is 26.8. The molecule has 0 amide bonds. The van der Waals surface area contributed by atoms with Gasteiger partial charge < -0.3 is 4.74 Å². The van der Waals surface area contributed by atoms with Crippen molar-refractivity contribution in [3.8, 4) is 50.8 Å². The fourth-order valence-electron chi connectivity index (χ4n) is 8.93. The molecule has 0 saturated carbocycles. The van der Waals surface area contributed by atoms with Gasteiger partial charge in [0.2, 0.25) is 0 Å². The molecule has 2 heterocycles. The Morgan fingerprint density at radius 2 is 1.06 bits per heavy atom. The molecule has 0 fully saturated rings. The molecule has 1 spiro atoms. The lowest BCUT2D eigenvalue weighted by atomic mass is 9.64. The van der Waals surface area contributed by atoms with Crippen LogP contribution in [0.4, 0.5) is 0 Å². The Hall–Kier alpha value is -6.91. The molecule has 7 aromatic carbocycles. The van der Waals surface area contributed by atoms with E-state index in [0.29, 0.717) is 18.1 Å². The van der Waals surface area contributed by atoms with Gasteiger partial charge in [0.15, 0.2) is 11.6 Å². The van der Waals surface area contributed by atoms with Crippen molar-refractivity contribution in [1.82, 2.24) is 15.0 Å². The van der Waals surface area contributed by atoms with E-state index in [1.54, 1.807) is 0 Å². The summed E-state index contributed by atoms with van der Waals surface area (Å²) in [7, 11) is 0. The summed E-state index contributed by atoms with van der Waals surface area (Å²) in [6.07, 6.45) is 5.19. The third kappa shape index (κ3) is 4.60. The third-order valence-electron chi connectivity index (χ3n) is 11.3. The van der Waals surface area contributed by atoms with Crippen LogP contribution in [0.3, 0.4) is 0 Å². The van der Waals surface area contributed by atoms with Gasteiger partial charge in [0.25, 0.3) is 0 Å². The van der Waals surface area contributed by atoms with Crippen LogP contribution >= 0.6 is 0 Å². The van der Waals surface area contributed by atoms with E-state index in [0.717, 1.165) is 34.0 Å². The van der Waals surface area contributed by atoms with E-state index in [4.69, 9.17) is 19.7 Å². The molecule has 8 aromatic rings. The molecule has 2 aliphatic carbocycles. The van der Waals surface area contributed by atoms with Crippen LogP contribution in [0.2, 0.25) is 0 Å². The molecule has 1 atom stereocenters. The number of hydrogen-bond acceptors (Lipinski definition) is 4. The molecule has 1 aromatic heterocycles. The van der Waals surface area contributed by atoms with Gasteiger partial charge in [0.05, 0.1) is 5.41 Å². The smallest absolute Gasteiger partial charge is 0.163 e. The van der Waals surface area contributed by atoms with Gasteiger partial charge in [-0.3, -0.25) is 0 Å². The Bertz CT molecular complexity index is 2790. The molecule has 1 unspecified atom stereocenters. The fourth-order valence-corrected chi connectivity index (χ4v) is 8.93. The normalized spacial score (nSPS) is 16.0. The van der Waals surface area contributed by atoms with Crippen molar-refractivity contribution in [3.05, 3.63) is 216 Å². The molecule has 0 bridgehead atoms. The second-order valence-electron chi connectivity index (χ2n) is 14.3. The molecule has 54 heavy (non-hydrogen) atoms. The topological polar surface area (TPSA) is 47.9 Å². The molecule has 0 radical (unpaired) electrons. The molecule has 0 N–H and O–H groups in total.